The van der Waals surface area contributed by atoms with Crippen molar-refractivity contribution in [1.82, 2.24) is 9.21 Å². The van der Waals surface area contributed by atoms with Crippen LogP contribution in [0.5, 0.6) is 5.75 Å². The molecule has 0 saturated carbocycles. The Morgan fingerprint density at radius 1 is 1.16 bits per heavy atom. The van der Waals surface area contributed by atoms with Gasteiger partial charge in [0.1, 0.15) is 5.75 Å². The van der Waals surface area contributed by atoms with Crippen molar-refractivity contribution in [3.63, 3.8) is 0 Å². The molecule has 6 nitrogen and oxygen atoms in total. The van der Waals surface area contributed by atoms with Gasteiger partial charge in [-0.3, -0.25) is 4.79 Å². The van der Waals surface area contributed by atoms with Gasteiger partial charge in [-0.05, 0) is 66.2 Å². The van der Waals surface area contributed by atoms with E-state index in [4.69, 9.17) is 4.74 Å². The topological polar surface area (TPSA) is 66.9 Å². The lowest BCUT2D eigenvalue weighted by Crippen LogP contribution is -2.35. The van der Waals surface area contributed by atoms with Crippen LogP contribution < -0.4 is 4.74 Å². The first-order chi connectivity index (χ1) is 15.4. The third-order valence-corrected chi connectivity index (χ3v) is 8.36. The average molecular weight is 471 g/mol. The first kappa shape index (κ1) is 22.5. The fourth-order valence-corrected chi connectivity index (χ4v) is 6.15. The van der Waals surface area contributed by atoms with Gasteiger partial charge < -0.3 is 9.64 Å². The van der Waals surface area contributed by atoms with Crippen LogP contribution in [0.4, 0.5) is 0 Å². The summed E-state index contributed by atoms with van der Waals surface area (Å²) < 4.78 is 33.4. The summed E-state index contributed by atoms with van der Waals surface area (Å²) in [5, 5.41) is 2.00. The second-order valence-electron chi connectivity index (χ2n) is 7.72. The summed E-state index contributed by atoms with van der Waals surface area (Å²) in [6.45, 7) is 3.76. The number of sulfonamides is 1. The monoisotopic (exact) mass is 470 g/mol. The summed E-state index contributed by atoms with van der Waals surface area (Å²) in [6, 6.07) is 15.9. The molecule has 32 heavy (non-hydrogen) atoms. The second kappa shape index (κ2) is 9.44. The van der Waals surface area contributed by atoms with Crippen molar-refractivity contribution in [1.29, 1.82) is 0 Å². The zero-order valence-electron chi connectivity index (χ0n) is 18.2. The Kier molecular flexibility index (Phi) is 6.64. The highest BCUT2D eigenvalue weighted by molar-refractivity contribution is 7.89. The fourth-order valence-electron chi connectivity index (χ4n) is 3.79. The number of fused-ring (bicyclic) bond motifs is 1. The Bertz CT molecular complexity index is 1200. The maximum Gasteiger partial charge on any atom is 0.253 e. The summed E-state index contributed by atoms with van der Waals surface area (Å²) in [5.41, 5.74) is 2.38. The van der Waals surface area contributed by atoms with E-state index in [2.05, 4.69) is 0 Å². The van der Waals surface area contributed by atoms with E-state index in [0.29, 0.717) is 31.8 Å². The molecule has 3 aromatic rings. The molecule has 0 N–H and O–H groups in total. The summed E-state index contributed by atoms with van der Waals surface area (Å²) in [7, 11) is -1.97. The third-order valence-electron chi connectivity index (χ3n) is 5.49. The number of hydrogen-bond donors (Lipinski definition) is 0. The fraction of sp³-hybridized carbons (Fsp3) is 0.292. The third kappa shape index (κ3) is 4.72. The van der Waals surface area contributed by atoms with E-state index in [-0.39, 0.29) is 10.8 Å². The van der Waals surface area contributed by atoms with Gasteiger partial charge >= 0.3 is 0 Å². The number of amides is 1. The van der Waals surface area contributed by atoms with E-state index in [1.165, 1.54) is 15.2 Å². The number of ether oxygens (including phenoxy) is 1. The van der Waals surface area contributed by atoms with Crippen LogP contribution in [-0.2, 0) is 29.5 Å². The van der Waals surface area contributed by atoms with Crippen molar-refractivity contribution in [2.24, 2.45) is 0 Å². The minimum atomic E-state index is -3.68. The molecule has 8 heteroatoms. The molecule has 1 aliphatic rings. The molecular formula is C24H26N2O4S2. The number of thiophene rings is 1. The van der Waals surface area contributed by atoms with Gasteiger partial charge in [0.25, 0.3) is 5.91 Å². The zero-order chi connectivity index (χ0) is 22.7. The van der Waals surface area contributed by atoms with Crippen LogP contribution >= 0.6 is 11.3 Å². The molecule has 0 spiro atoms. The second-order valence-corrected chi connectivity index (χ2v) is 10.7. The van der Waals surface area contributed by atoms with Crippen LogP contribution in [-0.4, -0.2) is 43.7 Å². The Morgan fingerprint density at radius 2 is 1.94 bits per heavy atom. The molecule has 1 aromatic heterocycles. The number of carbonyl (C=O) groups excluding carboxylic acids is 1. The number of carbonyl (C=O) groups is 1. The van der Waals surface area contributed by atoms with Crippen LogP contribution in [0.3, 0.4) is 0 Å². The Morgan fingerprint density at radius 3 is 2.69 bits per heavy atom. The quantitative estimate of drug-likeness (QED) is 0.520. The molecular weight excluding hydrogens is 444 g/mol. The molecule has 0 saturated heterocycles. The Balaban J connectivity index is 1.48. The van der Waals surface area contributed by atoms with Gasteiger partial charge in [-0.25, -0.2) is 8.42 Å². The molecule has 1 aliphatic heterocycles. The molecule has 0 atom stereocenters. The molecule has 0 fully saturated rings. The Labute approximate surface area is 193 Å². The van der Waals surface area contributed by atoms with Gasteiger partial charge in [0.2, 0.25) is 10.0 Å². The smallest absolute Gasteiger partial charge is 0.253 e. The molecule has 2 aromatic carbocycles. The number of rotatable bonds is 7. The van der Waals surface area contributed by atoms with Gasteiger partial charge in [0.15, 0.2) is 0 Å². The lowest BCUT2D eigenvalue weighted by atomic mass is 10.1. The predicted molar refractivity (Wildman–Crippen MR) is 125 cm³/mol. The summed E-state index contributed by atoms with van der Waals surface area (Å²) >= 11 is 1.67. The number of hydrogen-bond acceptors (Lipinski definition) is 5. The first-order valence-electron chi connectivity index (χ1n) is 10.5. The number of benzene rings is 2. The molecule has 0 unspecified atom stereocenters. The highest BCUT2D eigenvalue weighted by Gasteiger charge is 2.29. The van der Waals surface area contributed by atoms with Gasteiger partial charge in [-0.15, -0.1) is 11.3 Å². The SMILES string of the molecule is CCOc1ccc(CN(C)C(=O)c2cccc(S(=O)(=O)N3CCc4sccc4C3)c2)cc1. The Hall–Kier alpha value is -2.68. The van der Waals surface area contributed by atoms with Crippen molar-refractivity contribution in [2.45, 2.75) is 31.3 Å². The molecule has 2 heterocycles. The van der Waals surface area contributed by atoms with Gasteiger partial charge in [-0.2, -0.15) is 4.31 Å². The van der Waals surface area contributed by atoms with Crippen molar-refractivity contribution in [2.75, 3.05) is 20.2 Å². The van der Waals surface area contributed by atoms with E-state index in [1.807, 2.05) is 42.6 Å². The molecule has 0 radical (unpaired) electrons. The van der Waals surface area contributed by atoms with Crippen LogP contribution in [0.25, 0.3) is 0 Å². The van der Waals surface area contributed by atoms with E-state index in [0.717, 1.165) is 23.3 Å². The molecule has 0 aliphatic carbocycles. The highest BCUT2D eigenvalue weighted by atomic mass is 32.2. The largest absolute Gasteiger partial charge is 0.494 e. The summed E-state index contributed by atoms with van der Waals surface area (Å²) in [4.78, 5) is 16.0. The maximum absolute atomic E-state index is 13.2. The average Bonchev–Trinajstić information content (AvgIpc) is 3.28. The predicted octanol–water partition coefficient (Wildman–Crippen LogP) is 4.17. The van der Waals surface area contributed by atoms with Gasteiger partial charge in [-0.1, -0.05) is 18.2 Å². The molecule has 4 rings (SSSR count). The standard InChI is InChI=1S/C24H26N2O4S2/c1-3-30-21-9-7-18(8-10-21)16-25(2)24(27)19-5-4-6-22(15-19)32(28,29)26-13-11-23-20(17-26)12-14-31-23/h4-10,12,14-15H,3,11,13,16-17H2,1-2H3. The van der Waals surface area contributed by atoms with Crippen molar-refractivity contribution >= 4 is 27.3 Å². The van der Waals surface area contributed by atoms with Gasteiger partial charge in [0, 0.05) is 37.1 Å². The van der Waals surface area contributed by atoms with Crippen LogP contribution in [0.1, 0.15) is 33.3 Å². The van der Waals surface area contributed by atoms with E-state index < -0.39 is 10.0 Å². The van der Waals surface area contributed by atoms with Crippen molar-refractivity contribution in [3.8, 4) is 5.75 Å². The van der Waals surface area contributed by atoms with Crippen LogP contribution in [0, 0.1) is 0 Å². The minimum Gasteiger partial charge on any atom is -0.494 e. The van der Waals surface area contributed by atoms with Gasteiger partial charge in [0.05, 0.1) is 11.5 Å². The highest BCUT2D eigenvalue weighted by Crippen LogP contribution is 2.28. The van der Waals surface area contributed by atoms with Crippen molar-refractivity contribution in [3.05, 3.63) is 81.5 Å². The molecule has 1 amide bonds. The van der Waals surface area contributed by atoms with Crippen molar-refractivity contribution < 1.29 is 17.9 Å². The maximum atomic E-state index is 13.2. The normalized spacial score (nSPS) is 14.1. The summed E-state index contributed by atoms with van der Waals surface area (Å²) in [6.07, 6.45) is 0.718. The van der Waals surface area contributed by atoms with Crippen LogP contribution in [0.2, 0.25) is 0 Å². The lowest BCUT2D eigenvalue weighted by Gasteiger charge is -2.26. The first-order valence-corrected chi connectivity index (χ1v) is 12.8. The molecule has 0 bridgehead atoms. The van der Waals surface area contributed by atoms with E-state index >= 15 is 0 Å². The lowest BCUT2D eigenvalue weighted by molar-refractivity contribution is 0.0785. The van der Waals surface area contributed by atoms with E-state index in [1.54, 1.807) is 41.5 Å². The zero-order valence-corrected chi connectivity index (χ0v) is 19.8. The minimum absolute atomic E-state index is 0.150. The number of nitrogens with zero attached hydrogens (tertiary/aromatic N) is 2. The van der Waals surface area contributed by atoms with Crippen LogP contribution in [0.15, 0.2) is 64.9 Å². The molecule has 168 valence electrons. The van der Waals surface area contributed by atoms with E-state index in [9.17, 15) is 13.2 Å². The summed E-state index contributed by atoms with van der Waals surface area (Å²) in [5.74, 6) is 0.560.